The second-order valence-corrected chi connectivity index (χ2v) is 15.2. The van der Waals surface area contributed by atoms with Crippen molar-refractivity contribution in [3.8, 4) is 0 Å². The first-order valence-corrected chi connectivity index (χ1v) is 19.9. The van der Waals surface area contributed by atoms with Crippen LogP contribution in [0.3, 0.4) is 0 Å². The van der Waals surface area contributed by atoms with E-state index in [1.807, 2.05) is 50.9 Å². The molecule has 0 atom stereocenters. The molecule has 0 saturated carbocycles. The van der Waals surface area contributed by atoms with Gasteiger partial charge in [-0.2, -0.15) is 10.2 Å². The van der Waals surface area contributed by atoms with E-state index in [0.717, 1.165) is 74.2 Å². The molecule has 0 N–H and O–H groups in total. The van der Waals surface area contributed by atoms with Crippen molar-refractivity contribution in [1.82, 2.24) is 29.5 Å². The van der Waals surface area contributed by atoms with E-state index in [2.05, 4.69) is 13.8 Å². The maximum atomic E-state index is 6.01. The molecule has 2 aromatic rings. The molecule has 12 nitrogen and oxygen atoms in total. The van der Waals surface area contributed by atoms with Crippen LogP contribution in [0.25, 0.3) is 0 Å². The topological polar surface area (TPSA) is 117 Å². The molecule has 242 valence electrons. The van der Waals surface area contributed by atoms with E-state index in [0.29, 0.717) is 52.5 Å². The van der Waals surface area contributed by atoms with Gasteiger partial charge in [0.15, 0.2) is 11.6 Å². The summed E-state index contributed by atoms with van der Waals surface area (Å²) in [4.78, 5) is 9.63. The van der Waals surface area contributed by atoms with Crippen LogP contribution in [0, 0.1) is 0 Å². The quantitative estimate of drug-likeness (QED) is 0.144. The van der Waals surface area contributed by atoms with Crippen LogP contribution in [0.15, 0.2) is 0 Å². The third-order valence-corrected chi connectivity index (χ3v) is 13.0. The third-order valence-electron chi connectivity index (χ3n) is 6.68. The number of hydrogen-bond donors (Lipinski definition) is 0. The highest BCUT2D eigenvalue weighted by molar-refractivity contribution is 6.61. The summed E-state index contributed by atoms with van der Waals surface area (Å²) in [6.45, 7) is 21.1. The van der Waals surface area contributed by atoms with Gasteiger partial charge in [0, 0.05) is 90.5 Å². The van der Waals surface area contributed by atoms with Gasteiger partial charge >= 0.3 is 17.6 Å². The lowest BCUT2D eigenvalue weighted by Crippen LogP contribution is -2.46. The lowest BCUT2D eigenvalue weighted by atomic mass is 10.3. The highest BCUT2D eigenvalue weighted by atomic mass is 28.4. The fraction of sp³-hybridized carbons (Fsp3) is 0.857. The van der Waals surface area contributed by atoms with E-state index in [4.69, 9.17) is 46.7 Å². The smallest absolute Gasteiger partial charge is 0.374 e. The molecule has 0 unspecified atom stereocenters. The van der Waals surface area contributed by atoms with Crippen molar-refractivity contribution < 1.29 is 26.6 Å². The van der Waals surface area contributed by atoms with Crippen LogP contribution in [-0.4, -0.2) is 86.8 Å². The number of rotatable bonds is 25. The Bertz CT molecular complexity index is 895. The van der Waals surface area contributed by atoms with Gasteiger partial charge in [-0.1, -0.05) is 13.8 Å². The molecular formula is C28H56N6O6Si2. The highest BCUT2D eigenvalue weighted by Crippen LogP contribution is 2.20. The van der Waals surface area contributed by atoms with Crippen molar-refractivity contribution in [2.24, 2.45) is 0 Å². The maximum Gasteiger partial charge on any atom is 0.500 e. The molecular weight excluding hydrogens is 573 g/mol. The van der Waals surface area contributed by atoms with E-state index in [1.54, 1.807) is 0 Å². The van der Waals surface area contributed by atoms with Crippen LogP contribution in [0.5, 0.6) is 0 Å². The molecule has 0 spiro atoms. The molecule has 2 heterocycles. The Labute approximate surface area is 255 Å². The fourth-order valence-corrected chi connectivity index (χ4v) is 10.2. The highest BCUT2D eigenvalue weighted by Gasteiger charge is 2.40. The van der Waals surface area contributed by atoms with Gasteiger partial charge < -0.3 is 26.6 Å². The van der Waals surface area contributed by atoms with Gasteiger partial charge in [-0.05, 0) is 54.4 Å². The van der Waals surface area contributed by atoms with Gasteiger partial charge in [0.2, 0.25) is 0 Å². The molecule has 0 aliphatic rings. The van der Waals surface area contributed by atoms with Crippen LogP contribution < -0.4 is 0 Å². The van der Waals surface area contributed by atoms with Crippen molar-refractivity contribution in [3.05, 3.63) is 23.3 Å². The Kier molecular flexibility index (Phi) is 17.2. The molecule has 2 aromatic heterocycles. The van der Waals surface area contributed by atoms with E-state index in [9.17, 15) is 0 Å². The van der Waals surface area contributed by atoms with Crippen LogP contribution in [0.2, 0.25) is 12.1 Å². The summed E-state index contributed by atoms with van der Waals surface area (Å²) in [5.74, 6) is 3.62. The summed E-state index contributed by atoms with van der Waals surface area (Å²) in [5, 5.41) is 9.66. The number of nitrogens with zero attached hydrogens (tertiary/aromatic N) is 6. The minimum atomic E-state index is -2.67. The summed E-state index contributed by atoms with van der Waals surface area (Å²) in [5.41, 5.74) is 0. The Hall–Kier alpha value is -1.53. The lowest BCUT2D eigenvalue weighted by Gasteiger charge is -2.28. The van der Waals surface area contributed by atoms with Gasteiger partial charge in [0.1, 0.15) is 11.6 Å². The Balaban J connectivity index is 2.00. The SMILES string of the molecule is CCO[Si](CCCn1nc(CCc2nc(CC)n(CCC[Si](OCC)(OCC)OCC)n2)nc1CC)(OCC)OCC. The van der Waals surface area contributed by atoms with Crippen molar-refractivity contribution in [1.29, 1.82) is 0 Å². The second-order valence-electron chi connectivity index (χ2n) is 9.71. The second kappa shape index (κ2) is 19.7. The molecule has 0 aliphatic carbocycles. The van der Waals surface area contributed by atoms with E-state index < -0.39 is 17.6 Å². The average Bonchev–Trinajstić information content (AvgIpc) is 3.56. The molecule has 0 bridgehead atoms. The van der Waals surface area contributed by atoms with Crippen LogP contribution in [0.1, 0.15) is 91.5 Å². The first kappa shape index (κ1) is 36.7. The first-order chi connectivity index (χ1) is 20.4. The molecule has 42 heavy (non-hydrogen) atoms. The van der Waals surface area contributed by atoms with Crippen LogP contribution >= 0.6 is 0 Å². The maximum absolute atomic E-state index is 6.01. The normalized spacial score (nSPS) is 12.5. The van der Waals surface area contributed by atoms with E-state index in [1.165, 1.54) is 0 Å². The summed E-state index contributed by atoms with van der Waals surface area (Å²) in [6.07, 6.45) is 4.74. The standard InChI is InChI=1S/C28H56N6O6Si2/c1-9-27-29-25(31-33(27)21-17-23-41(35-11-3,36-12-4)37-13-5)19-20-26-30-28(10-2)34(32-26)22-18-24-42(38-14-6,39-15-7)40-16-8/h9-24H2,1-8H3. The van der Waals surface area contributed by atoms with Gasteiger partial charge in [-0.3, -0.25) is 0 Å². The molecule has 0 fully saturated rings. The van der Waals surface area contributed by atoms with Crippen molar-refractivity contribution >= 4 is 17.6 Å². The van der Waals surface area contributed by atoms with Crippen molar-refractivity contribution in [2.45, 2.75) is 119 Å². The van der Waals surface area contributed by atoms with E-state index >= 15 is 0 Å². The van der Waals surface area contributed by atoms with Crippen LogP contribution in [0.4, 0.5) is 0 Å². The Morgan fingerprint density at radius 1 is 0.500 bits per heavy atom. The molecule has 0 amide bonds. The van der Waals surface area contributed by atoms with Gasteiger partial charge in [-0.15, -0.1) is 0 Å². The first-order valence-electron chi connectivity index (χ1n) is 16.1. The van der Waals surface area contributed by atoms with Crippen LogP contribution in [-0.2, 0) is 65.3 Å². The van der Waals surface area contributed by atoms with Crippen molar-refractivity contribution in [3.63, 3.8) is 0 Å². The molecule has 0 aliphatic heterocycles. The molecule has 2 rings (SSSR count). The summed E-state index contributed by atoms with van der Waals surface area (Å²) >= 11 is 0. The monoisotopic (exact) mass is 628 g/mol. The summed E-state index contributed by atoms with van der Waals surface area (Å²) in [6, 6.07) is 1.51. The minimum absolute atomic E-state index is 0.583. The largest absolute Gasteiger partial charge is 0.500 e. The van der Waals surface area contributed by atoms with Gasteiger partial charge in [-0.25, -0.2) is 19.3 Å². The molecule has 0 radical (unpaired) electrons. The summed E-state index contributed by atoms with van der Waals surface area (Å²) < 4.78 is 40.1. The minimum Gasteiger partial charge on any atom is -0.374 e. The number of hydrogen-bond acceptors (Lipinski definition) is 10. The fourth-order valence-electron chi connectivity index (χ4n) is 5.06. The predicted octanol–water partition coefficient (Wildman–Crippen LogP) is 4.66. The number of aryl methyl sites for hydroxylation is 6. The summed E-state index contributed by atoms with van der Waals surface area (Å²) in [7, 11) is -5.34. The van der Waals surface area contributed by atoms with Crippen molar-refractivity contribution in [2.75, 3.05) is 39.6 Å². The average molecular weight is 629 g/mol. The zero-order valence-electron chi connectivity index (χ0n) is 27.4. The van der Waals surface area contributed by atoms with Gasteiger partial charge in [0.25, 0.3) is 0 Å². The third kappa shape index (κ3) is 11.2. The zero-order valence-corrected chi connectivity index (χ0v) is 29.4. The Morgan fingerprint density at radius 2 is 0.810 bits per heavy atom. The molecule has 0 saturated heterocycles. The lowest BCUT2D eigenvalue weighted by molar-refractivity contribution is 0.0696. The predicted molar refractivity (Wildman–Crippen MR) is 166 cm³/mol. The van der Waals surface area contributed by atoms with E-state index in [-0.39, 0.29) is 0 Å². The Morgan fingerprint density at radius 3 is 1.07 bits per heavy atom. The molecule has 0 aromatic carbocycles. The molecule has 14 heteroatoms. The number of aromatic nitrogens is 6. The zero-order chi connectivity index (χ0) is 30.8. The van der Waals surface area contributed by atoms with Gasteiger partial charge in [0.05, 0.1) is 0 Å².